The van der Waals surface area contributed by atoms with Crippen LogP contribution in [0.5, 0.6) is 0 Å². The second-order valence-corrected chi connectivity index (χ2v) is 5.03. The lowest BCUT2D eigenvalue weighted by Gasteiger charge is -2.28. The molecule has 0 spiro atoms. The number of amides is 1. The third kappa shape index (κ3) is 2.71. The molecule has 0 heterocycles. The fourth-order valence-electron chi connectivity index (χ4n) is 1.96. The summed E-state index contributed by atoms with van der Waals surface area (Å²) in [5, 5.41) is 3.07. The van der Waals surface area contributed by atoms with Gasteiger partial charge in [-0.05, 0) is 25.7 Å². The van der Waals surface area contributed by atoms with Crippen molar-refractivity contribution >= 4 is 5.91 Å². The van der Waals surface area contributed by atoms with Crippen molar-refractivity contribution in [3.05, 3.63) is 0 Å². The van der Waals surface area contributed by atoms with E-state index in [4.69, 9.17) is 5.73 Å². The van der Waals surface area contributed by atoms with E-state index in [0.29, 0.717) is 0 Å². The molecule has 0 bridgehead atoms. The molecule has 0 aromatic rings. The Morgan fingerprint density at radius 2 is 1.86 bits per heavy atom. The average molecular weight is 198 g/mol. The van der Waals surface area contributed by atoms with Gasteiger partial charge in [-0.3, -0.25) is 4.79 Å². The van der Waals surface area contributed by atoms with Crippen LogP contribution in [0.4, 0.5) is 0 Å². The first-order valence-electron chi connectivity index (χ1n) is 5.52. The zero-order valence-electron chi connectivity index (χ0n) is 9.47. The second kappa shape index (κ2) is 4.30. The molecule has 0 radical (unpaired) electrons. The highest BCUT2D eigenvalue weighted by atomic mass is 16.2. The average Bonchev–Trinajstić information content (AvgIpc) is 2.50. The maximum atomic E-state index is 11.7. The van der Waals surface area contributed by atoms with E-state index in [1.54, 1.807) is 0 Å². The molecule has 14 heavy (non-hydrogen) atoms. The van der Waals surface area contributed by atoms with Gasteiger partial charge < -0.3 is 11.1 Å². The minimum atomic E-state index is -0.368. The summed E-state index contributed by atoms with van der Waals surface area (Å²) in [6.07, 6.45) is 4.61. The number of carbonyl (C=O) groups excluding carboxylic acids is 1. The Balaban J connectivity index is 2.47. The maximum Gasteiger partial charge on any atom is 0.237 e. The first-order valence-corrected chi connectivity index (χ1v) is 5.52. The van der Waals surface area contributed by atoms with Crippen LogP contribution in [0.15, 0.2) is 0 Å². The summed E-state index contributed by atoms with van der Waals surface area (Å²) in [7, 11) is 0. The molecule has 1 rings (SSSR count). The third-order valence-corrected chi connectivity index (χ3v) is 3.15. The van der Waals surface area contributed by atoms with Gasteiger partial charge in [0.15, 0.2) is 0 Å². The Morgan fingerprint density at radius 3 is 2.29 bits per heavy atom. The van der Waals surface area contributed by atoms with Crippen molar-refractivity contribution < 1.29 is 4.79 Å². The number of rotatable bonds is 3. The second-order valence-electron chi connectivity index (χ2n) is 5.03. The predicted octanol–water partition coefficient (Wildman–Crippen LogP) is 1.42. The topological polar surface area (TPSA) is 55.1 Å². The molecule has 0 aliphatic heterocycles. The number of nitrogens with one attached hydrogen (secondary N) is 1. The highest BCUT2D eigenvalue weighted by Crippen LogP contribution is 2.28. The molecular weight excluding hydrogens is 176 g/mol. The van der Waals surface area contributed by atoms with E-state index in [1.807, 2.05) is 13.8 Å². The molecule has 3 heteroatoms. The van der Waals surface area contributed by atoms with Gasteiger partial charge in [0.2, 0.25) is 5.91 Å². The number of nitrogens with two attached hydrogens (primary N) is 1. The van der Waals surface area contributed by atoms with E-state index in [9.17, 15) is 4.79 Å². The van der Waals surface area contributed by atoms with E-state index in [-0.39, 0.29) is 23.4 Å². The zero-order valence-corrected chi connectivity index (χ0v) is 9.47. The van der Waals surface area contributed by atoms with Crippen molar-refractivity contribution in [1.82, 2.24) is 5.32 Å². The Bertz CT molecular complexity index is 207. The molecule has 82 valence electrons. The van der Waals surface area contributed by atoms with Crippen LogP contribution in [-0.4, -0.2) is 17.5 Å². The van der Waals surface area contributed by atoms with Crippen molar-refractivity contribution in [1.29, 1.82) is 0 Å². The van der Waals surface area contributed by atoms with Gasteiger partial charge in [0.25, 0.3) is 0 Å². The van der Waals surface area contributed by atoms with Crippen molar-refractivity contribution in [2.75, 3.05) is 0 Å². The molecule has 1 atom stereocenters. The highest BCUT2D eigenvalue weighted by Gasteiger charge is 2.32. The van der Waals surface area contributed by atoms with E-state index < -0.39 is 0 Å². The van der Waals surface area contributed by atoms with Crippen molar-refractivity contribution in [2.45, 2.75) is 58.0 Å². The third-order valence-electron chi connectivity index (χ3n) is 3.15. The fourth-order valence-corrected chi connectivity index (χ4v) is 1.96. The van der Waals surface area contributed by atoms with Crippen LogP contribution in [-0.2, 0) is 4.79 Å². The lowest BCUT2D eigenvalue weighted by atomic mass is 9.98. The molecule has 0 unspecified atom stereocenters. The summed E-state index contributed by atoms with van der Waals surface area (Å²) in [6.45, 7) is 6.06. The molecule has 1 amide bonds. The van der Waals surface area contributed by atoms with E-state index in [1.165, 1.54) is 12.8 Å². The van der Waals surface area contributed by atoms with Gasteiger partial charge in [-0.15, -0.1) is 0 Å². The SMILES string of the molecule is CC(C)[C@@H](N)C(=O)NC1(C)CCCC1. The molecule has 3 nitrogen and oxygen atoms in total. The maximum absolute atomic E-state index is 11.7. The van der Waals surface area contributed by atoms with Crippen LogP contribution in [0.25, 0.3) is 0 Å². The Hall–Kier alpha value is -0.570. The van der Waals surface area contributed by atoms with Gasteiger partial charge in [0, 0.05) is 5.54 Å². The van der Waals surface area contributed by atoms with Crippen LogP contribution in [0.2, 0.25) is 0 Å². The molecule has 1 saturated carbocycles. The highest BCUT2D eigenvalue weighted by molar-refractivity contribution is 5.82. The van der Waals surface area contributed by atoms with E-state index >= 15 is 0 Å². The Kier molecular flexibility index (Phi) is 3.53. The summed E-state index contributed by atoms with van der Waals surface area (Å²) >= 11 is 0. The largest absolute Gasteiger partial charge is 0.350 e. The normalized spacial score (nSPS) is 22.4. The molecule has 1 fully saturated rings. The monoisotopic (exact) mass is 198 g/mol. The van der Waals surface area contributed by atoms with Crippen LogP contribution in [0, 0.1) is 5.92 Å². The van der Waals surface area contributed by atoms with E-state index in [0.717, 1.165) is 12.8 Å². The Morgan fingerprint density at radius 1 is 1.36 bits per heavy atom. The molecule has 0 aromatic heterocycles. The van der Waals surface area contributed by atoms with Crippen molar-refractivity contribution in [3.8, 4) is 0 Å². The standard InChI is InChI=1S/C11H22N2O/c1-8(2)9(12)10(14)13-11(3)6-4-5-7-11/h8-9H,4-7,12H2,1-3H3,(H,13,14)/t9-/m1/s1. The van der Waals surface area contributed by atoms with Crippen LogP contribution < -0.4 is 11.1 Å². The van der Waals surface area contributed by atoms with Crippen LogP contribution in [0.1, 0.15) is 46.5 Å². The number of hydrogen-bond donors (Lipinski definition) is 2. The summed E-state index contributed by atoms with van der Waals surface area (Å²) < 4.78 is 0. The number of hydrogen-bond acceptors (Lipinski definition) is 2. The first-order chi connectivity index (χ1) is 6.44. The molecular formula is C11H22N2O. The zero-order chi connectivity index (χ0) is 10.8. The minimum absolute atomic E-state index is 0.00356. The molecule has 1 aliphatic rings. The summed E-state index contributed by atoms with van der Waals surface area (Å²) in [5.74, 6) is 0.212. The minimum Gasteiger partial charge on any atom is -0.350 e. The van der Waals surface area contributed by atoms with Crippen LogP contribution in [0.3, 0.4) is 0 Å². The molecule has 0 saturated heterocycles. The van der Waals surface area contributed by atoms with Gasteiger partial charge in [-0.1, -0.05) is 26.7 Å². The quantitative estimate of drug-likeness (QED) is 0.720. The number of carbonyl (C=O) groups is 1. The molecule has 0 aromatic carbocycles. The molecule has 3 N–H and O–H groups in total. The lowest BCUT2D eigenvalue weighted by Crippen LogP contribution is -2.52. The smallest absolute Gasteiger partial charge is 0.237 e. The van der Waals surface area contributed by atoms with Gasteiger partial charge in [-0.2, -0.15) is 0 Å². The predicted molar refractivity (Wildman–Crippen MR) is 57.8 cm³/mol. The van der Waals surface area contributed by atoms with Crippen LogP contribution >= 0.6 is 0 Å². The summed E-state index contributed by atoms with van der Waals surface area (Å²) in [5.41, 5.74) is 5.79. The van der Waals surface area contributed by atoms with Crippen molar-refractivity contribution in [2.24, 2.45) is 11.7 Å². The van der Waals surface area contributed by atoms with Crippen molar-refractivity contribution in [3.63, 3.8) is 0 Å². The van der Waals surface area contributed by atoms with Gasteiger partial charge in [0.1, 0.15) is 0 Å². The van der Waals surface area contributed by atoms with E-state index in [2.05, 4.69) is 12.2 Å². The summed E-state index contributed by atoms with van der Waals surface area (Å²) in [6, 6.07) is -0.368. The summed E-state index contributed by atoms with van der Waals surface area (Å²) in [4.78, 5) is 11.7. The van der Waals surface area contributed by atoms with Gasteiger partial charge in [-0.25, -0.2) is 0 Å². The van der Waals surface area contributed by atoms with Gasteiger partial charge in [0.05, 0.1) is 6.04 Å². The first kappa shape index (κ1) is 11.5. The van der Waals surface area contributed by atoms with Gasteiger partial charge >= 0.3 is 0 Å². The Labute approximate surface area is 86.4 Å². The lowest BCUT2D eigenvalue weighted by molar-refractivity contribution is -0.125. The molecule has 1 aliphatic carbocycles. The fraction of sp³-hybridized carbons (Fsp3) is 0.909.